The Balaban J connectivity index is 1.64. The average Bonchev–Trinajstić information content (AvgIpc) is 2.98. The Morgan fingerprint density at radius 1 is 0.929 bits per heavy atom. The summed E-state index contributed by atoms with van der Waals surface area (Å²) in [6, 6.07) is 28.5. The highest BCUT2D eigenvalue weighted by Gasteiger charge is 2.50. The molecule has 6 nitrogen and oxygen atoms in total. The van der Waals surface area contributed by atoms with Gasteiger partial charge in [0.2, 0.25) is 0 Å². The Hall–Kier alpha value is -2.46. The van der Waals surface area contributed by atoms with Gasteiger partial charge in [0, 0.05) is 4.90 Å². The van der Waals surface area contributed by atoms with Crippen molar-refractivity contribution in [3.05, 3.63) is 102 Å². The molecule has 4 rings (SSSR count). The molecule has 3 aromatic carbocycles. The highest BCUT2D eigenvalue weighted by Crippen LogP contribution is 2.45. The van der Waals surface area contributed by atoms with Crippen LogP contribution in [0.2, 0.25) is 18.1 Å². The summed E-state index contributed by atoms with van der Waals surface area (Å²) in [5, 5.41) is 11.7. The van der Waals surface area contributed by atoms with Crippen LogP contribution in [-0.4, -0.2) is 55.9 Å². The van der Waals surface area contributed by atoms with E-state index in [1.54, 1.807) is 24.3 Å². The first-order valence-electron chi connectivity index (χ1n) is 14.6. The molecular weight excluding hydrogens is 565 g/mol. The number of carbonyl (C=O) groups excluding carboxylic acids is 1. The molecule has 1 saturated heterocycles. The molecular formula is C34H44O6SSi. The van der Waals surface area contributed by atoms with Crippen molar-refractivity contribution in [2.24, 2.45) is 5.92 Å². The molecule has 1 fully saturated rings. The van der Waals surface area contributed by atoms with E-state index in [0.29, 0.717) is 11.5 Å². The van der Waals surface area contributed by atoms with Gasteiger partial charge in [-0.05, 0) is 53.9 Å². The second kappa shape index (κ2) is 14.3. The summed E-state index contributed by atoms with van der Waals surface area (Å²) in [6.07, 6.45) is -3.48. The van der Waals surface area contributed by atoms with E-state index in [-0.39, 0.29) is 18.3 Å². The van der Waals surface area contributed by atoms with Crippen molar-refractivity contribution in [2.75, 3.05) is 6.61 Å². The van der Waals surface area contributed by atoms with Crippen LogP contribution in [0.15, 0.2) is 95.9 Å². The molecule has 8 heteroatoms. The molecule has 0 aromatic heterocycles. The summed E-state index contributed by atoms with van der Waals surface area (Å²) in [5.41, 5.74) is 0.740. The van der Waals surface area contributed by atoms with Crippen molar-refractivity contribution < 1.29 is 28.5 Å². The molecule has 3 aromatic rings. The van der Waals surface area contributed by atoms with E-state index in [2.05, 4.69) is 40.8 Å². The lowest BCUT2D eigenvalue weighted by Gasteiger charge is -2.46. The van der Waals surface area contributed by atoms with Crippen molar-refractivity contribution in [1.82, 2.24) is 0 Å². The molecule has 1 aliphatic heterocycles. The Kier molecular flexibility index (Phi) is 11.1. The third-order valence-electron chi connectivity index (χ3n) is 8.76. The predicted molar refractivity (Wildman–Crippen MR) is 170 cm³/mol. The second-order valence-corrected chi connectivity index (χ2v) is 17.9. The van der Waals surface area contributed by atoms with E-state index in [9.17, 15) is 9.90 Å². The van der Waals surface area contributed by atoms with Gasteiger partial charge in [-0.25, -0.2) is 4.79 Å². The number of carbonyl (C=O) groups is 1. The summed E-state index contributed by atoms with van der Waals surface area (Å²) in [6.45, 7) is 13.8. The van der Waals surface area contributed by atoms with Crippen LogP contribution in [0.25, 0.3) is 0 Å². The van der Waals surface area contributed by atoms with E-state index in [1.165, 1.54) is 11.8 Å². The monoisotopic (exact) mass is 608 g/mol. The molecule has 42 heavy (non-hydrogen) atoms. The zero-order valence-corrected chi connectivity index (χ0v) is 27.3. The Bertz CT molecular complexity index is 1250. The molecule has 0 saturated carbocycles. The summed E-state index contributed by atoms with van der Waals surface area (Å²) in [4.78, 5) is 14.3. The summed E-state index contributed by atoms with van der Waals surface area (Å²) in [5.74, 6) is -0.0632. The van der Waals surface area contributed by atoms with Crippen LogP contribution in [0.3, 0.4) is 0 Å². The smallest absolute Gasteiger partial charge is 0.338 e. The van der Waals surface area contributed by atoms with E-state index < -0.39 is 44.1 Å². The van der Waals surface area contributed by atoms with Gasteiger partial charge in [-0.3, -0.25) is 0 Å². The molecule has 226 valence electrons. The molecule has 0 spiro atoms. The normalized spacial score (nSPS) is 23.1. The van der Waals surface area contributed by atoms with Crippen LogP contribution >= 0.6 is 11.8 Å². The summed E-state index contributed by atoms with van der Waals surface area (Å²) >= 11 is 1.45. The molecule has 0 unspecified atom stereocenters. The van der Waals surface area contributed by atoms with Gasteiger partial charge in [-0.2, -0.15) is 0 Å². The van der Waals surface area contributed by atoms with E-state index in [4.69, 9.17) is 18.6 Å². The minimum Gasteiger partial charge on any atom is -0.452 e. The average molecular weight is 609 g/mol. The molecule has 5 atom stereocenters. The highest BCUT2D eigenvalue weighted by molar-refractivity contribution is 7.99. The van der Waals surface area contributed by atoms with Crippen LogP contribution in [-0.2, 0) is 25.2 Å². The number of ether oxygens (including phenoxy) is 3. The van der Waals surface area contributed by atoms with Crippen molar-refractivity contribution in [1.29, 1.82) is 0 Å². The lowest BCUT2D eigenvalue weighted by molar-refractivity contribution is -0.222. The van der Waals surface area contributed by atoms with Crippen molar-refractivity contribution >= 4 is 26.0 Å². The Labute approximate surface area is 255 Å². The van der Waals surface area contributed by atoms with Crippen LogP contribution < -0.4 is 0 Å². The number of benzene rings is 3. The van der Waals surface area contributed by atoms with Crippen LogP contribution in [0.4, 0.5) is 0 Å². The highest BCUT2D eigenvalue weighted by atomic mass is 32.2. The van der Waals surface area contributed by atoms with Crippen molar-refractivity contribution in [2.45, 2.75) is 87.2 Å². The Morgan fingerprint density at radius 2 is 1.50 bits per heavy atom. The van der Waals surface area contributed by atoms with Crippen molar-refractivity contribution in [3.63, 3.8) is 0 Å². The standard InChI is InChI=1S/C34H44O6SSi/c1-24(2)34(3,4)42(5,6)38-23-28-29(35)30(37-22-25-16-10-7-11-17-25)31(40-32(36)26-18-12-8-13-19-26)33(39-28)41-27-20-14-9-15-21-27/h7-21,24,28-31,33,35H,22-23H2,1-6H3/t28-,29+,30-,31+,33-/m0/s1. The number of thioether (sulfide) groups is 1. The number of hydrogen-bond donors (Lipinski definition) is 1. The number of aliphatic hydroxyl groups is 1. The quantitative estimate of drug-likeness (QED) is 0.170. The maximum Gasteiger partial charge on any atom is 0.338 e. The second-order valence-electron chi connectivity index (χ2n) is 12.2. The molecule has 0 aliphatic carbocycles. The molecule has 0 amide bonds. The topological polar surface area (TPSA) is 74.2 Å². The fraction of sp³-hybridized carbons (Fsp3) is 0.441. The van der Waals surface area contributed by atoms with Crippen LogP contribution in [0, 0.1) is 5.92 Å². The fourth-order valence-electron chi connectivity index (χ4n) is 4.78. The first kappa shape index (κ1) is 32.5. The summed E-state index contributed by atoms with van der Waals surface area (Å²) in [7, 11) is -2.21. The Morgan fingerprint density at radius 3 is 2.10 bits per heavy atom. The predicted octanol–water partition coefficient (Wildman–Crippen LogP) is 7.33. The number of aliphatic hydroxyl groups excluding tert-OH is 1. The van der Waals surface area contributed by atoms with Crippen LogP contribution in [0.1, 0.15) is 43.6 Å². The SMILES string of the molecule is CC(C)C(C)(C)[Si](C)(C)OC[C@@H]1O[C@@H](Sc2ccccc2)[C@H](OC(=O)c2ccccc2)[C@@H](OCc2ccccc2)[C@@H]1O. The van der Waals surface area contributed by atoms with Gasteiger partial charge >= 0.3 is 5.97 Å². The lowest BCUT2D eigenvalue weighted by Crippen LogP contribution is -2.60. The number of rotatable bonds is 12. The zero-order chi connectivity index (χ0) is 30.3. The van der Waals surface area contributed by atoms with Gasteiger partial charge in [0.25, 0.3) is 0 Å². The van der Waals surface area contributed by atoms with Crippen molar-refractivity contribution in [3.8, 4) is 0 Å². The van der Waals surface area contributed by atoms with Gasteiger partial charge in [-0.15, -0.1) is 0 Å². The van der Waals surface area contributed by atoms with Gasteiger partial charge in [0.1, 0.15) is 23.7 Å². The molecule has 1 heterocycles. The minimum atomic E-state index is -2.21. The molecule has 0 bridgehead atoms. The van der Waals surface area contributed by atoms with E-state index in [0.717, 1.165) is 10.5 Å². The largest absolute Gasteiger partial charge is 0.452 e. The first-order chi connectivity index (χ1) is 20.0. The van der Waals surface area contributed by atoms with Gasteiger partial charge in [-0.1, -0.05) is 106 Å². The number of esters is 1. The minimum absolute atomic E-state index is 0.00176. The van der Waals surface area contributed by atoms with E-state index in [1.807, 2.05) is 66.7 Å². The maximum absolute atomic E-state index is 13.3. The molecule has 1 aliphatic rings. The maximum atomic E-state index is 13.3. The van der Waals surface area contributed by atoms with E-state index >= 15 is 0 Å². The summed E-state index contributed by atoms with van der Waals surface area (Å²) < 4.78 is 25.7. The van der Waals surface area contributed by atoms with Gasteiger partial charge in [0.15, 0.2) is 14.4 Å². The molecule has 1 N–H and O–H groups in total. The number of hydrogen-bond acceptors (Lipinski definition) is 7. The zero-order valence-electron chi connectivity index (χ0n) is 25.4. The third-order valence-corrected chi connectivity index (χ3v) is 14.5. The lowest BCUT2D eigenvalue weighted by atomic mass is 9.99. The van der Waals surface area contributed by atoms with Crippen LogP contribution in [0.5, 0.6) is 0 Å². The molecule has 0 radical (unpaired) electrons. The van der Waals surface area contributed by atoms with Gasteiger partial charge < -0.3 is 23.7 Å². The van der Waals surface area contributed by atoms with Gasteiger partial charge in [0.05, 0.1) is 18.8 Å². The first-order valence-corrected chi connectivity index (χ1v) is 18.4. The third kappa shape index (κ3) is 7.92. The fourth-order valence-corrected chi connectivity index (χ4v) is 8.25.